The normalized spacial score (nSPS) is 13.2. The highest BCUT2D eigenvalue weighted by atomic mass is 16.5. The summed E-state index contributed by atoms with van der Waals surface area (Å²) in [5.41, 5.74) is 1.16. The van der Waals surface area contributed by atoms with Crippen LogP contribution in [0.3, 0.4) is 0 Å². The second-order valence-corrected chi connectivity index (χ2v) is 7.72. The van der Waals surface area contributed by atoms with E-state index in [1.54, 1.807) is 12.4 Å². The third kappa shape index (κ3) is 5.78. The molecule has 1 heterocycles. The van der Waals surface area contributed by atoms with Crippen molar-refractivity contribution in [3.63, 3.8) is 0 Å². The van der Waals surface area contributed by atoms with Gasteiger partial charge in [0, 0.05) is 12.4 Å². The number of carbonyl (C=O) groups is 1. The zero-order valence-electron chi connectivity index (χ0n) is 17.0. The summed E-state index contributed by atoms with van der Waals surface area (Å²) in [7, 11) is 0. The Bertz CT molecular complexity index is 890. The van der Waals surface area contributed by atoms with Gasteiger partial charge in [-0.2, -0.15) is 0 Å². The summed E-state index contributed by atoms with van der Waals surface area (Å²) >= 11 is 0. The molecule has 0 radical (unpaired) electrons. The Hall–Kier alpha value is -2.92. The predicted octanol–water partition coefficient (Wildman–Crippen LogP) is 4.51. The molecule has 0 spiro atoms. The van der Waals surface area contributed by atoms with Crippen LogP contribution in [0.1, 0.15) is 42.6 Å². The van der Waals surface area contributed by atoms with Crippen molar-refractivity contribution < 1.29 is 14.6 Å². The van der Waals surface area contributed by atoms with Crippen molar-refractivity contribution in [3.8, 4) is 5.75 Å². The Morgan fingerprint density at radius 2 is 1.83 bits per heavy atom. The van der Waals surface area contributed by atoms with Crippen molar-refractivity contribution in [2.24, 2.45) is 5.92 Å². The van der Waals surface area contributed by atoms with Gasteiger partial charge in [-0.3, -0.25) is 9.36 Å². The quantitative estimate of drug-likeness (QED) is 0.582. The number of carbonyl (C=O) groups excluding carboxylic acids is 1. The molecule has 0 aliphatic heterocycles. The Morgan fingerprint density at radius 1 is 1.10 bits per heavy atom. The van der Waals surface area contributed by atoms with Crippen LogP contribution in [0, 0.1) is 5.92 Å². The van der Waals surface area contributed by atoms with Gasteiger partial charge < -0.3 is 9.84 Å². The Morgan fingerprint density at radius 3 is 2.45 bits per heavy atom. The molecule has 0 bridgehead atoms. The van der Waals surface area contributed by atoms with Gasteiger partial charge in [0.1, 0.15) is 18.7 Å². The first-order valence-corrected chi connectivity index (χ1v) is 9.95. The standard InChI is InChI=1S/C24H28N2O3/c1-19(2)24(28,16-23(27)26-15-14-25-18-26)13-12-20-8-10-22(11-9-20)29-17-21-6-4-3-5-7-21/h3-11,14-15,18-19,28H,12-13,16-17H2,1-2H3/t24-/m0/s1. The molecule has 1 aromatic heterocycles. The first kappa shape index (κ1) is 20.8. The van der Waals surface area contributed by atoms with Gasteiger partial charge in [0.2, 0.25) is 5.91 Å². The van der Waals surface area contributed by atoms with Gasteiger partial charge in [-0.25, -0.2) is 4.98 Å². The van der Waals surface area contributed by atoms with Gasteiger partial charge in [0.15, 0.2) is 0 Å². The minimum atomic E-state index is -1.07. The van der Waals surface area contributed by atoms with Crippen molar-refractivity contribution >= 4 is 5.91 Å². The van der Waals surface area contributed by atoms with Crippen LogP contribution < -0.4 is 4.74 Å². The summed E-state index contributed by atoms with van der Waals surface area (Å²) in [4.78, 5) is 16.3. The molecular weight excluding hydrogens is 364 g/mol. The lowest BCUT2D eigenvalue weighted by molar-refractivity contribution is -0.0173. The van der Waals surface area contributed by atoms with Crippen molar-refractivity contribution in [2.75, 3.05) is 0 Å². The topological polar surface area (TPSA) is 64.3 Å². The average molecular weight is 392 g/mol. The van der Waals surface area contributed by atoms with Crippen LogP contribution in [0.15, 0.2) is 73.3 Å². The number of imidazole rings is 1. The van der Waals surface area contributed by atoms with Crippen LogP contribution in [0.4, 0.5) is 0 Å². The lowest BCUT2D eigenvalue weighted by atomic mass is 9.82. The van der Waals surface area contributed by atoms with E-state index in [2.05, 4.69) is 4.98 Å². The van der Waals surface area contributed by atoms with Crippen molar-refractivity contribution in [1.82, 2.24) is 9.55 Å². The van der Waals surface area contributed by atoms with Gasteiger partial charge in [-0.15, -0.1) is 0 Å². The monoisotopic (exact) mass is 392 g/mol. The third-order valence-corrected chi connectivity index (χ3v) is 5.34. The van der Waals surface area contributed by atoms with E-state index in [1.165, 1.54) is 10.9 Å². The van der Waals surface area contributed by atoms with Gasteiger partial charge in [-0.1, -0.05) is 56.3 Å². The number of benzene rings is 2. The summed E-state index contributed by atoms with van der Waals surface area (Å²) < 4.78 is 7.24. The average Bonchev–Trinajstić information content (AvgIpc) is 3.27. The molecule has 3 rings (SSSR count). The maximum Gasteiger partial charge on any atom is 0.234 e. The van der Waals surface area contributed by atoms with E-state index in [9.17, 15) is 9.90 Å². The molecule has 0 unspecified atom stereocenters. The number of aryl methyl sites for hydroxylation is 1. The lowest BCUT2D eigenvalue weighted by Gasteiger charge is -2.31. The molecule has 0 saturated carbocycles. The first-order valence-electron chi connectivity index (χ1n) is 9.95. The second-order valence-electron chi connectivity index (χ2n) is 7.72. The Balaban J connectivity index is 1.56. The molecule has 0 fully saturated rings. The summed E-state index contributed by atoms with van der Waals surface area (Å²) in [5, 5.41) is 11.1. The molecule has 2 aromatic carbocycles. The highest BCUT2D eigenvalue weighted by molar-refractivity contribution is 5.79. The summed E-state index contributed by atoms with van der Waals surface area (Å²) in [5.74, 6) is 0.624. The Labute approximate surface area is 172 Å². The zero-order chi connectivity index (χ0) is 20.7. The maximum absolute atomic E-state index is 12.4. The minimum Gasteiger partial charge on any atom is -0.489 e. The second kappa shape index (κ2) is 9.52. The number of aromatic nitrogens is 2. The van der Waals surface area contributed by atoms with Crippen LogP contribution in [0.25, 0.3) is 0 Å². The summed E-state index contributed by atoms with van der Waals surface area (Å²) in [6.45, 7) is 4.42. The largest absolute Gasteiger partial charge is 0.489 e. The van der Waals surface area contributed by atoms with E-state index in [-0.39, 0.29) is 18.2 Å². The number of aliphatic hydroxyl groups is 1. The molecule has 0 aliphatic carbocycles. The molecule has 0 amide bonds. The Kier molecular flexibility index (Phi) is 6.83. The van der Waals surface area contributed by atoms with Crippen molar-refractivity contribution in [1.29, 1.82) is 0 Å². The zero-order valence-corrected chi connectivity index (χ0v) is 17.0. The van der Waals surface area contributed by atoms with Crippen molar-refractivity contribution in [2.45, 2.75) is 45.3 Å². The summed E-state index contributed by atoms with van der Waals surface area (Å²) in [6, 6.07) is 18.0. The number of ether oxygens (including phenoxy) is 1. The number of nitrogens with zero attached hydrogens (tertiary/aromatic N) is 2. The van der Waals surface area contributed by atoms with E-state index < -0.39 is 5.60 Å². The van der Waals surface area contributed by atoms with Crippen LogP contribution in [0.5, 0.6) is 5.75 Å². The molecule has 5 heteroatoms. The van der Waals surface area contributed by atoms with Crippen LogP contribution in [-0.2, 0) is 13.0 Å². The molecular formula is C24H28N2O3. The van der Waals surface area contributed by atoms with Gasteiger partial charge in [0.25, 0.3) is 0 Å². The number of rotatable bonds is 9. The highest BCUT2D eigenvalue weighted by Crippen LogP contribution is 2.28. The van der Waals surface area contributed by atoms with Gasteiger partial charge in [0.05, 0.1) is 12.0 Å². The van der Waals surface area contributed by atoms with Gasteiger partial charge in [-0.05, 0) is 42.0 Å². The highest BCUT2D eigenvalue weighted by Gasteiger charge is 2.33. The van der Waals surface area contributed by atoms with Gasteiger partial charge >= 0.3 is 0 Å². The van der Waals surface area contributed by atoms with E-state index in [4.69, 9.17) is 4.74 Å². The summed E-state index contributed by atoms with van der Waals surface area (Å²) in [6.07, 6.45) is 5.90. The minimum absolute atomic E-state index is 0.0385. The molecule has 0 aliphatic rings. The number of hydrogen-bond acceptors (Lipinski definition) is 4. The SMILES string of the molecule is CC(C)[C@](O)(CCc1ccc(OCc2ccccc2)cc1)CC(=O)n1ccnc1. The van der Waals surface area contributed by atoms with E-state index >= 15 is 0 Å². The van der Waals surface area contributed by atoms with Crippen LogP contribution >= 0.6 is 0 Å². The number of hydrogen-bond donors (Lipinski definition) is 1. The molecule has 1 atom stereocenters. The fourth-order valence-electron chi connectivity index (χ4n) is 3.20. The molecule has 1 N–H and O–H groups in total. The van der Waals surface area contributed by atoms with Crippen LogP contribution in [-0.4, -0.2) is 26.2 Å². The fourth-order valence-corrected chi connectivity index (χ4v) is 3.20. The third-order valence-electron chi connectivity index (χ3n) is 5.34. The van der Waals surface area contributed by atoms with Crippen LogP contribution in [0.2, 0.25) is 0 Å². The van der Waals surface area contributed by atoms with E-state index in [0.717, 1.165) is 16.9 Å². The maximum atomic E-state index is 12.4. The molecule has 5 nitrogen and oxygen atoms in total. The predicted molar refractivity (Wildman–Crippen MR) is 113 cm³/mol. The lowest BCUT2D eigenvalue weighted by Crippen LogP contribution is -2.39. The first-order chi connectivity index (χ1) is 14.0. The molecule has 152 valence electrons. The molecule has 3 aromatic rings. The van der Waals surface area contributed by atoms with E-state index in [1.807, 2.05) is 68.4 Å². The van der Waals surface area contributed by atoms with Crippen molar-refractivity contribution in [3.05, 3.63) is 84.4 Å². The smallest absolute Gasteiger partial charge is 0.234 e. The molecule has 29 heavy (non-hydrogen) atoms. The molecule has 0 saturated heterocycles. The van der Waals surface area contributed by atoms with E-state index in [0.29, 0.717) is 19.4 Å². The fraction of sp³-hybridized carbons (Fsp3) is 0.333.